The fraction of sp³-hybridized carbons (Fsp3) is 0.467. The van der Waals surface area contributed by atoms with E-state index < -0.39 is 31.0 Å². The molecule has 0 fully saturated rings. The van der Waals surface area contributed by atoms with E-state index in [1.54, 1.807) is 19.1 Å². The number of hydrogen-bond donors (Lipinski definition) is 0. The first-order valence-electron chi connectivity index (χ1n) is 7.28. The minimum atomic E-state index is -4.50. The number of rotatable bonds is 8. The Balaban J connectivity index is 2.21. The molecule has 0 aliphatic rings. The summed E-state index contributed by atoms with van der Waals surface area (Å²) in [6, 6.07) is 4.79. The Hall–Kier alpha value is -1.38. The highest BCUT2D eigenvalue weighted by molar-refractivity contribution is 6.35. The van der Waals surface area contributed by atoms with E-state index in [0.717, 1.165) is 0 Å². The van der Waals surface area contributed by atoms with Crippen LogP contribution in [-0.4, -0.2) is 33.9 Å². The molecular weight excluding hydrogens is 385 g/mol. The molecule has 4 nitrogen and oxygen atoms in total. The first-order chi connectivity index (χ1) is 11.7. The van der Waals surface area contributed by atoms with Crippen molar-refractivity contribution in [2.24, 2.45) is 5.92 Å². The molecule has 0 aliphatic carbocycles. The van der Waals surface area contributed by atoms with Crippen LogP contribution in [-0.2, 0) is 11.3 Å². The second kappa shape index (κ2) is 8.33. The monoisotopic (exact) mass is 399 g/mol. The quantitative estimate of drug-likeness (QED) is 0.593. The zero-order valence-corrected chi connectivity index (χ0v) is 14.6. The number of alkyl halides is 4. The van der Waals surface area contributed by atoms with Gasteiger partial charge >= 0.3 is 12.5 Å². The van der Waals surface area contributed by atoms with E-state index >= 15 is 0 Å². The second-order valence-corrected chi connectivity index (χ2v) is 6.38. The van der Waals surface area contributed by atoms with Crippen molar-refractivity contribution in [3.63, 3.8) is 0 Å². The Morgan fingerprint density at radius 2 is 2.00 bits per heavy atom. The number of aromatic nitrogens is 3. The van der Waals surface area contributed by atoms with Crippen LogP contribution < -0.4 is 0 Å². The molecule has 25 heavy (non-hydrogen) atoms. The van der Waals surface area contributed by atoms with Gasteiger partial charge in [0, 0.05) is 22.5 Å². The molecule has 0 amide bonds. The third-order valence-electron chi connectivity index (χ3n) is 3.69. The number of ether oxygens (including phenoxy) is 1. The molecule has 0 radical (unpaired) electrons. The lowest BCUT2D eigenvalue weighted by atomic mass is 9.87. The summed E-state index contributed by atoms with van der Waals surface area (Å²) in [6.07, 6.45) is -5.62. The summed E-state index contributed by atoms with van der Waals surface area (Å²) in [5.74, 6) is -0.993. The molecule has 10 heteroatoms. The summed E-state index contributed by atoms with van der Waals surface area (Å²) in [6.45, 7) is 1.27. The summed E-state index contributed by atoms with van der Waals surface area (Å²) in [7, 11) is 0. The van der Waals surface area contributed by atoms with Gasteiger partial charge in [-0.1, -0.05) is 36.2 Å². The first-order valence-corrected chi connectivity index (χ1v) is 8.03. The molecule has 0 spiro atoms. The van der Waals surface area contributed by atoms with E-state index in [9.17, 15) is 17.6 Å². The normalized spacial score (nSPS) is 14.7. The molecule has 2 atom stereocenters. The highest BCUT2D eigenvalue weighted by atomic mass is 35.5. The molecular formula is C15H15Cl2F4N3O. The van der Waals surface area contributed by atoms with Crippen molar-refractivity contribution < 1.29 is 22.3 Å². The predicted molar refractivity (Wildman–Crippen MR) is 85.3 cm³/mol. The van der Waals surface area contributed by atoms with Gasteiger partial charge in [-0.05, 0) is 23.6 Å². The summed E-state index contributed by atoms with van der Waals surface area (Å²) >= 11 is 12.1. The van der Waals surface area contributed by atoms with Gasteiger partial charge in [0.25, 0.3) is 0 Å². The number of nitrogens with zero attached hydrogens (tertiary/aromatic N) is 3. The molecule has 0 saturated carbocycles. The summed E-state index contributed by atoms with van der Waals surface area (Å²) in [5, 5.41) is 4.73. The molecule has 2 rings (SSSR count). The lowest BCUT2D eigenvalue weighted by Gasteiger charge is -2.27. The third-order valence-corrected chi connectivity index (χ3v) is 4.25. The van der Waals surface area contributed by atoms with Crippen LogP contribution in [0.2, 0.25) is 10.0 Å². The first kappa shape index (κ1) is 19.9. The van der Waals surface area contributed by atoms with E-state index in [4.69, 9.17) is 23.2 Å². The minimum Gasteiger partial charge on any atom is -0.316 e. The average molecular weight is 400 g/mol. The van der Waals surface area contributed by atoms with Crippen molar-refractivity contribution >= 4 is 23.2 Å². The Labute approximate surface area is 151 Å². The van der Waals surface area contributed by atoms with Crippen molar-refractivity contribution in [1.82, 2.24) is 14.8 Å². The zero-order valence-electron chi connectivity index (χ0n) is 13.1. The van der Waals surface area contributed by atoms with E-state index in [1.807, 2.05) is 0 Å². The summed E-state index contributed by atoms with van der Waals surface area (Å²) in [5.41, 5.74) is 0.623. The van der Waals surface area contributed by atoms with Gasteiger partial charge in [-0.15, -0.1) is 0 Å². The minimum absolute atomic E-state index is 0.256. The third kappa shape index (κ3) is 5.29. The molecule has 1 aromatic carbocycles. The zero-order chi connectivity index (χ0) is 18.6. The van der Waals surface area contributed by atoms with Crippen molar-refractivity contribution in [2.45, 2.75) is 31.9 Å². The van der Waals surface area contributed by atoms with Gasteiger partial charge in [-0.3, -0.25) is 4.68 Å². The maximum Gasteiger partial charge on any atom is 0.416 e. The Bertz CT molecular complexity index is 685. The van der Waals surface area contributed by atoms with Crippen LogP contribution in [0.4, 0.5) is 17.6 Å². The maximum absolute atomic E-state index is 13.0. The van der Waals surface area contributed by atoms with Crippen LogP contribution in [0.25, 0.3) is 0 Å². The molecule has 2 aromatic rings. The van der Waals surface area contributed by atoms with Crippen molar-refractivity contribution in [2.75, 3.05) is 6.61 Å². The van der Waals surface area contributed by atoms with E-state index in [2.05, 4.69) is 14.8 Å². The number of benzene rings is 1. The lowest BCUT2D eigenvalue weighted by Crippen LogP contribution is -2.33. The van der Waals surface area contributed by atoms with E-state index in [0.29, 0.717) is 15.6 Å². The van der Waals surface area contributed by atoms with Gasteiger partial charge in [0.15, 0.2) is 0 Å². The molecule has 138 valence electrons. The molecule has 0 aliphatic heterocycles. The van der Waals surface area contributed by atoms with Crippen molar-refractivity contribution in [1.29, 1.82) is 0 Å². The van der Waals surface area contributed by atoms with Crippen LogP contribution in [0.1, 0.15) is 18.4 Å². The highest BCUT2D eigenvalue weighted by Gasteiger charge is 2.43. The van der Waals surface area contributed by atoms with Gasteiger partial charge in [-0.2, -0.15) is 13.9 Å². The standard InChI is InChI=1S/C15H15Cl2F4N3O/c1-9(6-25-15(20,21)14(18)19)12(5-24-8-22-7-23-24)11-3-2-10(16)4-13(11)17/h2-4,7-9,12,14H,5-6H2,1H3. The van der Waals surface area contributed by atoms with Gasteiger partial charge in [-0.25, -0.2) is 13.8 Å². The Morgan fingerprint density at radius 3 is 2.56 bits per heavy atom. The topological polar surface area (TPSA) is 39.9 Å². The maximum atomic E-state index is 13.0. The number of halogens is 6. The SMILES string of the molecule is CC(COC(F)(F)C(F)F)C(Cn1cncn1)c1ccc(Cl)cc1Cl. The second-order valence-electron chi connectivity index (χ2n) is 5.54. The molecule has 0 saturated heterocycles. The molecule has 1 heterocycles. The average Bonchev–Trinajstić information content (AvgIpc) is 3.04. The molecule has 0 N–H and O–H groups in total. The van der Waals surface area contributed by atoms with Crippen molar-refractivity contribution in [3.8, 4) is 0 Å². The van der Waals surface area contributed by atoms with Gasteiger partial charge < -0.3 is 4.74 Å². The number of hydrogen-bond acceptors (Lipinski definition) is 3. The van der Waals surface area contributed by atoms with Gasteiger partial charge in [0.1, 0.15) is 12.7 Å². The predicted octanol–water partition coefficient (Wildman–Crippen LogP) is 4.88. The fourth-order valence-electron chi connectivity index (χ4n) is 2.34. The largest absolute Gasteiger partial charge is 0.416 e. The highest BCUT2D eigenvalue weighted by Crippen LogP contribution is 2.35. The Morgan fingerprint density at radius 1 is 1.28 bits per heavy atom. The summed E-state index contributed by atoms with van der Waals surface area (Å²) < 4.78 is 56.3. The van der Waals surface area contributed by atoms with Crippen LogP contribution >= 0.6 is 23.2 Å². The fourth-order valence-corrected chi connectivity index (χ4v) is 2.89. The van der Waals surface area contributed by atoms with Crippen LogP contribution in [0.5, 0.6) is 0 Å². The molecule has 0 bridgehead atoms. The van der Waals surface area contributed by atoms with Gasteiger partial charge in [0.2, 0.25) is 0 Å². The lowest BCUT2D eigenvalue weighted by molar-refractivity contribution is -0.304. The van der Waals surface area contributed by atoms with Crippen molar-refractivity contribution in [3.05, 3.63) is 46.5 Å². The molecule has 2 unspecified atom stereocenters. The van der Waals surface area contributed by atoms with Gasteiger partial charge in [0.05, 0.1) is 6.61 Å². The molecule has 1 aromatic heterocycles. The Kier molecular flexibility index (Phi) is 6.65. The van der Waals surface area contributed by atoms with Crippen LogP contribution in [0.15, 0.2) is 30.9 Å². The summed E-state index contributed by atoms with van der Waals surface area (Å²) in [4.78, 5) is 3.82. The van der Waals surface area contributed by atoms with Crippen LogP contribution in [0, 0.1) is 5.92 Å². The van der Waals surface area contributed by atoms with E-state index in [-0.39, 0.29) is 6.54 Å². The smallest absolute Gasteiger partial charge is 0.316 e. The van der Waals surface area contributed by atoms with E-state index in [1.165, 1.54) is 23.4 Å². The van der Waals surface area contributed by atoms with Crippen LogP contribution in [0.3, 0.4) is 0 Å².